The molecule has 1 atom stereocenters. The number of carbonyl (C=O) groups is 1. The number of hydrogen-bond acceptors (Lipinski definition) is 4. The van der Waals surface area contributed by atoms with E-state index in [2.05, 4.69) is 24.9 Å². The Balaban J connectivity index is 2.42. The van der Waals surface area contributed by atoms with Crippen molar-refractivity contribution in [1.82, 2.24) is 4.98 Å². The van der Waals surface area contributed by atoms with Crippen LogP contribution in [0.25, 0.3) is 11.3 Å². The summed E-state index contributed by atoms with van der Waals surface area (Å²) in [6.07, 6.45) is 1.85. The monoisotopic (exact) mass is 289 g/mol. The number of carbonyl (C=O) groups excluding carboxylic acids is 1. The van der Waals surface area contributed by atoms with Crippen LogP contribution < -0.4 is 4.74 Å². The van der Waals surface area contributed by atoms with Gasteiger partial charge >= 0.3 is 0 Å². The van der Waals surface area contributed by atoms with Crippen LogP contribution >= 0.6 is 11.3 Å². The Morgan fingerprint density at radius 1 is 1.40 bits per heavy atom. The van der Waals surface area contributed by atoms with Crippen molar-refractivity contribution in [2.24, 2.45) is 0 Å². The molecule has 106 valence electrons. The van der Waals surface area contributed by atoms with Crippen molar-refractivity contribution in [3.05, 3.63) is 34.2 Å². The maximum absolute atomic E-state index is 10.7. The van der Waals surface area contributed by atoms with Crippen LogP contribution in [0.15, 0.2) is 23.6 Å². The normalized spacial score (nSPS) is 12.2. The SMILES string of the molecule is CCOc1ccc(-c2csc(C=O)n2)cc1C(C)CC. The van der Waals surface area contributed by atoms with E-state index in [1.807, 2.05) is 24.4 Å². The molecule has 1 heterocycles. The minimum absolute atomic E-state index is 0.431. The fourth-order valence-electron chi connectivity index (χ4n) is 2.07. The molecule has 2 aromatic rings. The van der Waals surface area contributed by atoms with E-state index in [4.69, 9.17) is 4.74 Å². The zero-order valence-electron chi connectivity index (χ0n) is 12.1. The summed E-state index contributed by atoms with van der Waals surface area (Å²) in [6, 6.07) is 6.13. The van der Waals surface area contributed by atoms with Crippen LogP contribution in [0.4, 0.5) is 0 Å². The molecule has 0 amide bonds. The van der Waals surface area contributed by atoms with Gasteiger partial charge in [-0.25, -0.2) is 4.98 Å². The summed E-state index contributed by atoms with van der Waals surface area (Å²) < 4.78 is 5.70. The van der Waals surface area contributed by atoms with Gasteiger partial charge in [-0.1, -0.05) is 13.8 Å². The molecule has 0 saturated heterocycles. The van der Waals surface area contributed by atoms with Crippen LogP contribution in [-0.4, -0.2) is 17.9 Å². The molecule has 0 N–H and O–H groups in total. The average molecular weight is 289 g/mol. The molecule has 0 spiro atoms. The molecule has 2 rings (SSSR count). The molecule has 0 aliphatic rings. The topological polar surface area (TPSA) is 39.2 Å². The maximum Gasteiger partial charge on any atom is 0.178 e. The molecule has 20 heavy (non-hydrogen) atoms. The van der Waals surface area contributed by atoms with E-state index >= 15 is 0 Å². The highest BCUT2D eigenvalue weighted by molar-refractivity contribution is 7.11. The summed E-state index contributed by atoms with van der Waals surface area (Å²) in [6.45, 7) is 7.01. The molecule has 0 bridgehead atoms. The van der Waals surface area contributed by atoms with Crippen LogP contribution in [0.5, 0.6) is 5.75 Å². The van der Waals surface area contributed by atoms with Crippen LogP contribution in [0.3, 0.4) is 0 Å². The van der Waals surface area contributed by atoms with Gasteiger partial charge in [-0.2, -0.15) is 0 Å². The van der Waals surface area contributed by atoms with Crippen molar-refractivity contribution in [3.8, 4) is 17.0 Å². The molecule has 0 aliphatic carbocycles. The molecule has 0 radical (unpaired) electrons. The van der Waals surface area contributed by atoms with Crippen molar-refractivity contribution in [1.29, 1.82) is 0 Å². The van der Waals surface area contributed by atoms with E-state index in [0.717, 1.165) is 29.7 Å². The van der Waals surface area contributed by atoms with Crippen molar-refractivity contribution < 1.29 is 9.53 Å². The van der Waals surface area contributed by atoms with Crippen molar-refractivity contribution >= 4 is 17.6 Å². The summed E-state index contributed by atoms with van der Waals surface area (Å²) in [5.41, 5.74) is 3.09. The minimum atomic E-state index is 0.431. The van der Waals surface area contributed by atoms with E-state index < -0.39 is 0 Å². The van der Waals surface area contributed by atoms with E-state index in [1.54, 1.807) is 0 Å². The Bertz CT molecular complexity index is 592. The first-order valence-corrected chi connectivity index (χ1v) is 7.75. The second-order valence-electron chi connectivity index (χ2n) is 4.68. The lowest BCUT2D eigenvalue weighted by atomic mass is 9.95. The number of ether oxygens (including phenoxy) is 1. The van der Waals surface area contributed by atoms with E-state index in [1.165, 1.54) is 16.9 Å². The fraction of sp³-hybridized carbons (Fsp3) is 0.375. The van der Waals surface area contributed by atoms with Gasteiger partial charge in [0.2, 0.25) is 0 Å². The zero-order chi connectivity index (χ0) is 14.5. The highest BCUT2D eigenvalue weighted by Gasteiger charge is 2.13. The van der Waals surface area contributed by atoms with E-state index in [-0.39, 0.29) is 0 Å². The predicted octanol–water partition coefficient (Wildman–Crippen LogP) is 4.53. The highest BCUT2D eigenvalue weighted by atomic mass is 32.1. The second-order valence-corrected chi connectivity index (χ2v) is 5.57. The summed E-state index contributed by atoms with van der Waals surface area (Å²) in [5, 5.41) is 2.43. The molecule has 0 saturated carbocycles. The lowest BCUT2D eigenvalue weighted by Crippen LogP contribution is -2.00. The van der Waals surface area contributed by atoms with E-state index in [9.17, 15) is 4.79 Å². The Labute approximate surface area is 123 Å². The Hall–Kier alpha value is -1.68. The van der Waals surface area contributed by atoms with Gasteiger partial charge in [-0.3, -0.25) is 4.79 Å². The first-order valence-electron chi connectivity index (χ1n) is 6.87. The molecule has 3 nitrogen and oxygen atoms in total. The van der Waals surface area contributed by atoms with Gasteiger partial charge in [-0.15, -0.1) is 11.3 Å². The van der Waals surface area contributed by atoms with Crippen LogP contribution in [0.1, 0.15) is 48.5 Å². The summed E-state index contributed by atoms with van der Waals surface area (Å²) in [5.74, 6) is 1.37. The second kappa shape index (κ2) is 6.66. The highest BCUT2D eigenvalue weighted by Crippen LogP contribution is 2.33. The lowest BCUT2D eigenvalue weighted by molar-refractivity contribution is 0.112. The molecular weight excluding hydrogens is 270 g/mol. The largest absolute Gasteiger partial charge is 0.494 e. The van der Waals surface area contributed by atoms with Gasteiger partial charge in [0.25, 0.3) is 0 Å². The van der Waals surface area contributed by atoms with Crippen LogP contribution in [0, 0.1) is 0 Å². The molecule has 0 aliphatic heterocycles. The standard InChI is InChI=1S/C16H19NO2S/c1-4-11(3)13-8-12(6-7-15(13)19-5-2)14-10-20-16(9-18)17-14/h6-11H,4-5H2,1-3H3. The number of nitrogens with zero attached hydrogens (tertiary/aromatic N) is 1. The number of thiazole rings is 1. The maximum atomic E-state index is 10.7. The van der Waals surface area contributed by atoms with Crippen molar-refractivity contribution in [2.75, 3.05) is 6.61 Å². The van der Waals surface area contributed by atoms with Gasteiger partial charge in [-0.05, 0) is 43.0 Å². The predicted molar refractivity (Wildman–Crippen MR) is 82.8 cm³/mol. The summed E-state index contributed by atoms with van der Waals surface area (Å²) in [4.78, 5) is 15.1. The van der Waals surface area contributed by atoms with Crippen molar-refractivity contribution in [3.63, 3.8) is 0 Å². The Morgan fingerprint density at radius 3 is 2.80 bits per heavy atom. The van der Waals surface area contributed by atoms with Gasteiger partial charge in [0.05, 0.1) is 12.3 Å². The average Bonchev–Trinajstić information content (AvgIpc) is 2.96. The first-order chi connectivity index (χ1) is 9.69. The lowest BCUT2D eigenvalue weighted by Gasteiger charge is -2.16. The van der Waals surface area contributed by atoms with E-state index in [0.29, 0.717) is 17.5 Å². The smallest absolute Gasteiger partial charge is 0.178 e. The molecule has 4 heteroatoms. The Morgan fingerprint density at radius 2 is 2.20 bits per heavy atom. The van der Waals surface area contributed by atoms with Gasteiger partial charge in [0.15, 0.2) is 11.3 Å². The quantitative estimate of drug-likeness (QED) is 0.733. The fourth-order valence-corrected chi connectivity index (χ4v) is 2.70. The number of aromatic nitrogens is 1. The van der Waals surface area contributed by atoms with Gasteiger partial charge in [0, 0.05) is 10.9 Å². The van der Waals surface area contributed by atoms with Crippen LogP contribution in [0.2, 0.25) is 0 Å². The van der Waals surface area contributed by atoms with Crippen LogP contribution in [-0.2, 0) is 0 Å². The van der Waals surface area contributed by atoms with Crippen molar-refractivity contribution in [2.45, 2.75) is 33.1 Å². The third-order valence-electron chi connectivity index (χ3n) is 3.37. The number of benzene rings is 1. The Kier molecular flexibility index (Phi) is 4.90. The molecule has 1 aromatic heterocycles. The molecular formula is C16H19NO2S. The zero-order valence-corrected chi connectivity index (χ0v) is 12.9. The van der Waals surface area contributed by atoms with Gasteiger partial charge in [0.1, 0.15) is 5.75 Å². The van der Waals surface area contributed by atoms with Gasteiger partial charge < -0.3 is 4.74 Å². The number of rotatable bonds is 6. The third-order valence-corrected chi connectivity index (χ3v) is 4.14. The number of aldehydes is 1. The molecule has 1 aromatic carbocycles. The minimum Gasteiger partial charge on any atom is -0.494 e. The molecule has 0 fully saturated rings. The summed E-state index contributed by atoms with van der Waals surface area (Å²) >= 11 is 1.37. The first kappa shape index (κ1) is 14.7. The molecule has 1 unspecified atom stereocenters. The number of hydrogen-bond donors (Lipinski definition) is 0. The summed E-state index contributed by atoms with van der Waals surface area (Å²) in [7, 11) is 0. The third kappa shape index (κ3) is 3.07.